The Morgan fingerprint density at radius 1 is 1.32 bits per heavy atom. The van der Waals surface area contributed by atoms with Crippen LogP contribution in [0.2, 0.25) is 0 Å². The number of aromatic nitrogens is 1. The van der Waals surface area contributed by atoms with Crippen molar-refractivity contribution in [1.29, 1.82) is 0 Å². The van der Waals surface area contributed by atoms with Crippen LogP contribution in [-0.4, -0.2) is 30.2 Å². The number of alkyl halides is 3. The maximum atomic E-state index is 12.1. The van der Waals surface area contributed by atoms with Crippen LogP contribution in [0.1, 0.15) is 30.0 Å². The van der Waals surface area contributed by atoms with Crippen LogP contribution in [0.5, 0.6) is 0 Å². The zero-order valence-electron chi connectivity index (χ0n) is 11.7. The van der Waals surface area contributed by atoms with Gasteiger partial charge in [-0.05, 0) is 43.6 Å². The summed E-state index contributed by atoms with van der Waals surface area (Å²) in [5.74, 6) is -1.59. The van der Waals surface area contributed by atoms with E-state index in [9.17, 15) is 18.0 Å². The molecule has 22 heavy (non-hydrogen) atoms. The standard InChI is InChI=1S/C13H16F3N3O.2ClH/c14-13(15,16)12(20)19-8-9-1-6-18-11(7-9)10-2-4-17-5-3-10;;/h1,6-7,10,17H,2-5,8H2,(H,19,20);2*1H. The Balaban J connectivity index is 0.00000220. The molecule has 0 radical (unpaired) electrons. The van der Waals surface area contributed by atoms with Crippen molar-refractivity contribution in [1.82, 2.24) is 15.6 Å². The van der Waals surface area contributed by atoms with E-state index in [1.807, 2.05) is 5.32 Å². The minimum Gasteiger partial charge on any atom is -0.344 e. The first-order valence-electron chi connectivity index (χ1n) is 6.47. The molecular formula is C13H18Cl2F3N3O. The van der Waals surface area contributed by atoms with Crippen LogP contribution >= 0.6 is 24.8 Å². The smallest absolute Gasteiger partial charge is 0.344 e. The average Bonchev–Trinajstić information content (AvgIpc) is 2.45. The van der Waals surface area contributed by atoms with E-state index in [4.69, 9.17) is 0 Å². The van der Waals surface area contributed by atoms with E-state index < -0.39 is 12.1 Å². The van der Waals surface area contributed by atoms with Gasteiger partial charge in [-0.3, -0.25) is 9.78 Å². The summed E-state index contributed by atoms with van der Waals surface area (Å²) in [5, 5.41) is 5.11. The predicted molar refractivity (Wildman–Crippen MR) is 81.5 cm³/mol. The molecule has 1 aliphatic heterocycles. The fraction of sp³-hybridized carbons (Fsp3) is 0.538. The van der Waals surface area contributed by atoms with Gasteiger partial charge in [-0.15, -0.1) is 24.8 Å². The van der Waals surface area contributed by atoms with Crippen LogP contribution in [0.25, 0.3) is 0 Å². The summed E-state index contributed by atoms with van der Waals surface area (Å²) in [7, 11) is 0. The third-order valence-electron chi connectivity index (χ3n) is 3.31. The van der Waals surface area contributed by atoms with Gasteiger partial charge in [-0.2, -0.15) is 13.2 Å². The van der Waals surface area contributed by atoms with Crippen LogP contribution in [0, 0.1) is 0 Å². The van der Waals surface area contributed by atoms with E-state index in [-0.39, 0.29) is 31.4 Å². The van der Waals surface area contributed by atoms with E-state index in [0.29, 0.717) is 11.5 Å². The largest absolute Gasteiger partial charge is 0.471 e. The van der Waals surface area contributed by atoms with E-state index >= 15 is 0 Å². The lowest BCUT2D eigenvalue weighted by atomic mass is 9.93. The van der Waals surface area contributed by atoms with Gasteiger partial charge < -0.3 is 10.6 Å². The molecule has 0 saturated carbocycles. The number of carbonyl (C=O) groups is 1. The second kappa shape index (κ2) is 9.17. The highest BCUT2D eigenvalue weighted by molar-refractivity contribution is 5.85. The molecule has 1 aliphatic rings. The molecule has 2 rings (SSSR count). The number of pyridine rings is 1. The fourth-order valence-corrected chi connectivity index (χ4v) is 2.23. The third-order valence-corrected chi connectivity index (χ3v) is 3.31. The van der Waals surface area contributed by atoms with E-state index in [2.05, 4.69) is 10.3 Å². The number of piperidine rings is 1. The molecule has 1 fully saturated rings. The first-order chi connectivity index (χ1) is 9.47. The SMILES string of the molecule is Cl.Cl.O=C(NCc1ccnc(C2CCNCC2)c1)C(F)(F)F. The molecule has 1 amide bonds. The van der Waals surface area contributed by atoms with Crippen LogP contribution < -0.4 is 10.6 Å². The monoisotopic (exact) mass is 359 g/mol. The highest BCUT2D eigenvalue weighted by Gasteiger charge is 2.38. The quantitative estimate of drug-likeness (QED) is 0.871. The van der Waals surface area contributed by atoms with Gasteiger partial charge in [0.25, 0.3) is 0 Å². The first kappa shape index (κ1) is 20.9. The lowest BCUT2D eigenvalue weighted by Gasteiger charge is -2.22. The Bertz CT molecular complexity index is 480. The lowest BCUT2D eigenvalue weighted by Crippen LogP contribution is -2.36. The summed E-state index contributed by atoms with van der Waals surface area (Å²) in [6.07, 6.45) is -1.34. The minimum atomic E-state index is -4.84. The van der Waals surface area contributed by atoms with Crippen molar-refractivity contribution in [2.24, 2.45) is 0 Å². The molecule has 0 spiro atoms. The molecule has 1 aromatic rings. The van der Waals surface area contributed by atoms with Crippen molar-refractivity contribution in [3.63, 3.8) is 0 Å². The zero-order chi connectivity index (χ0) is 14.6. The van der Waals surface area contributed by atoms with Crippen molar-refractivity contribution in [3.05, 3.63) is 29.6 Å². The Hall–Kier alpha value is -1.05. The Morgan fingerprint density at radius 2 is 1.95 bits per heavy atom. The molecule has 126 valence electrons. The fourth-order valence-electron chi connectivity index (χ4n) is 2.23. The molecule has 1 aromatic heterocycles. The van der Waals surface area contributed by atoms with Gasteiger partial charge in [0, 0.05) is 24.4 Å². The molecular weight excluding hydrogens is 342 g/mol. The van der Waals surface area contributed by atoms with Gasteiger partial charge in [-0.1, -0.05) is 0 Å². The van der Waals surface area contributed by atoms with Gasteiger partial charge in [0.2, 0.25) is 0 Å². The number of hydrogen-bond donors (Lipinski definition) is 2. The zero-order valence-corrected chi connectivity index (χ0v) is 13.3. The molecule has 0 atom stereocenters. The van der Waals surface area contributed by atoms with E-state index in [1.54, 1.807) is 18.3 Å². The van der Waals surface area contributed by atoms with Crippen molar-refractivity contribution in [3.8, 4) is 0 Å². The predicted octanol–water partition coefficient (Wildman–Crippen LogP) is 2.57. The van der Waals surface area contributed by atoms with Crippen LogP contribution in [0.15, 0.2) is 18.3 Å². The first-order valence-corrected chi connectivity index (χ1v) is 6.47. The molecule has 0 unspecified atom stereocenters. The molecule has 2 heterocycles. The van der Waals surface area contributed by atoms with E-state index in [1.165, 1.54) is 0 Å². The molecule has 0 bridgehead atoms. The second-order valence-electron chi connectivity index (χ2n) is 4.79. The maximum Gasteiger partial charge on any atom is 0.471 e. The normalized spacial score (nSPS) is 15.4. The third kappa shape index (κ3) is 5.98. The molecule has 0 aliphatic carbocycles. The molecule has 9 heteroatoms. The summed E-state index contributed by atoms with van der Waals surface area (Å²) in [6, 6.07) is 3.38. The average molecular weight is 360 g/mol. The summed E-state index contributed by atoms with van der Waals surface area (Å²) in [5.41, 5.74) is 1.51. The van der Waals surface area contributed by atoms with Gasteiger partial charge in [0.05, 0.1) is 0 Å². The van der Waals surface area contributed by atoms with Crippen molar-refractivity contribution < 1.29 is 18.0 Å². The number of carbonyl (C=O) groups excluding carboxylic acids is 1. The number of rotatable bonds is 3. The maximum absolute atomic E-state index is 12.1. The molecule has 1 saturated heterocycles. The van der Waals surface area contributed by atoms with Gasteiger partial charge >= 0.3 is 12.1 Å². The highest BCUT2D eigenvalue weighted by Crippen LogP contribution is 2.24. The lowest BCUT2D eigenvalue weighted by molar-refractivity contribution is -0.173. The topological polar surface area (TPSA) is 54.0 Å². The van der Waals surface area contributed by atoms with Gasteiger partial charge in [0.1, 0.15) is 0 Å². The van der Waals surface area contributed by atoms with Crippen LogP contribution in [0.4, 0.5) is 13.2 Å². The molecule has 2 N–H and O–H groups in total. The summed E-state index contributed by atoms with van der Waals surface area (Å²) >= 11 is 0. The Morgan fingerprint density at radius 3 is 2.55 bits per heavy atom. The van der Waals surface area contributed by atoms with Crippen molar-refractivity contribution in [2.75, 3.05) is 13.1 Å². The summed E-state index contributed by atoms with van der Waals surface area (Å²) < 4.78 is 36.3. The highest BCUT2D eigenvalue weighted by atomic mass is 35.5. The van der Waals surface area contributed by atoms with Crippen molar-refractivity contribution >= 4 is 30.7 Å². The Kier molecular flexibility index (Phi) is 8.73. The van der Waals surface area contributed by atoms with Crippen LogP contribution in [-0.2, 0) is 11.3 Å². The van der Waals surface area contributed by atoms with Crippen molar-refractivity contribution in [2.45, 2.75) is 31.5 Å². The molecule has 0 aromatic carbocycles. The van der Waals surface area contributed by atoms with E-state index in [0.717, 1.165) is 31.6 Å². The minimum absolute atomic E-state index is 0. The number of hydrogen-bond acceptors (Lipinski definition) is 3. The molecule has 4 nitrogen and oxygen atoms in total. The van der Waals surface area contributed by atoms with Crippen LogP contribution in [0.3, 0.4) is 0 Å². The summed E-state index contributed by atoms with van der Waals surface area (Å²) in [4.78, 5) is 15.0. The number of nitrogens with zero attached hydrogens (tertiary/aromatic N) is 1. The van der Waals surface area contributed by atoms with Gasteiger partial charge in [-0.25, -0.2) is 0 Å². The van der Waals surface area contributed by atoms with Gasteiger partial charge in [0.15, 0.2) is 0 Å². The second-order valence-corrected chi connectivity index (χ2v) is 4.79. The number of halogens is 5. The number of nitrogens with one attached hydrogen (secondary N) is 2. The number of amides is 1. The summed E-state index contributed by atoms with van der Waals surface area (Å²) in [6.45, 7) is 1.70. The Labute approximate surface area is 139 Å².